The molecule has 1 aliphatic heterocycles. The number of nitrogens with one attached hydrogen (secondary N) is 1. The van der Waals surface area contributed by atoms with E-state index in [0.717, 1.165) is 36.9 Å². The molecular weight excluding hydrogens is 628 g/mol. The number of nitrogens with zero attached hydrogens (tertiary/aromatic N) is 1. The third kappa shape index (κ3) is 5.82. The predicted octanol–water partition coefficient (Wildman–Crippen LogP) is 8.46. The molecule has 0 radical (unpaired) electrons. The van der Waals surface area contributed by atoms with Gasteiger partial charge < -0.3 is 14.8 Å². The van der Waals surface area contributed by atoms with Gasteiger partial charge >= 0.3 is 0 Å². The number of benzene rings is 4. The van der Waals surface area contributed by atoms with Gasteiger partial charge in [-0.1, -0.05) is 68.3 Å². The van der Waals surface area contributed by atoms with Gasteiger partial charge in [0, 0.05) is 8.95 Å². The normalized spacial score (nSPS) is 15.3. The van der Waals surface area contributed by atoms with Crippen molar-refractivity contribution in [2.75, 3.05) is 7.11 Å². The van der Waals surface area contributed by atoms with Crippen LogP contribution in [-0.2, 0) is 11.4 Å². The van der Waals surface area contributed by atoms with Crippen LogP contribution in [0.2, 0.25) is 0 Å². The van der Waals surface area contributed by atoms with E-state index >= 15 is 0 Å². The highest BCUT2D eigenvalue weighted by atomic mass is 79.9. The average Bonchev–Trinajstić information content (AvgIpc) is 3.25. The van der Waals surface area contributed by atoms with E-state index < -0.39 is 0 Å². The lowest BCUT2D eigenvalue weighted by Crippen LogP contribution is -2.19. The van der Waals surface area contributed by atoms with Crippen LogP contribution in [0.1, 0.15) is 22.3 Å². The topological polar surface area (TPSA) is 59.9 Å². The Morgan fingerprint density at radius 2 is 1.68 bits per heavy atom. The highest BCUT2D eigenvalue weighted by molar-refractivity contribution is 9.10. The van der Waals surface area contributed by atoms with E-state index in [1.165, 1.54) is 22.5 Å². The van der Waals surface area contributed by atoms with Gasteiger partial charge in [-0.2, -0.15) is 0 Å². The number of carbonyl (C=O) groups excluding carboxylic acids is 1. The molecule has 5 rings (SSSR count). The first-order valence-electron chi connectivity index (χ1n) is 11.8. The summed E-state index contributed by atoms with van der Waals surface area (Å²) in [6, 6.07) is 22.2. The lowest BCUT2D eigenvalue weighted by Gasteiger charge is -2.13. The standard InChI is InChI=1S/C30H24Br2N2O3S/c1-17-10-23(11-18(2)28(17)32)33-30-34-29(35)27(38-30)14-22-13-25(36-3)26(15-24(22)31)37-16-19-8-9-20-6-4-5-7-21(20)12-19/h4-15H,16H2,1-3H3,(H,33,34,35)/b27-14-. The van der Waals surface area contributed by atoms with E-state index in [0.29, 0.717) is 28.2 Å². The first-order valence-corrected chi connectivity index (χ1v) is 14.3. The Morgan fingerprint density at radius 1 is 0.947 bits per heavy atom. The van der Waals surface area contributed by atoms with Gasteiger partial charge in [0.2, 0.25) is 0 Å². The summed E-state index contributed by atoms with van der Waals surface area (Å²) >= 11 is 8.52. The minimum atomic E-state index is -0.193. The summed E-state index contributed by atoms with van der Waals surface area (Å²) in [5, 5.41) is 5.77. The number of methoxy groups -OCH3 is 1. The summed E-state index contributed by atoms with van der Waals surface area (Å²) in [5.41, 5.74) is 4.84. The van der Waals surface area contributed by atoms with Crippen molar-refractivity contribution in [1.29, 1.82) is 0 Å². The third-order valence-electron chi connectivity index (χ3n) is 6.08. The molecule has 38 heavy (non-hydrogen) atoms. The molecule has 1 N–H and O–H groups in total. The van der Waals surface area contributed by atoms with Crippen LogP contribution in [0.3, 0.4) is 0 Å². The van der Waals surface area contributed by atoms with Gasteiger partial charge in [0.15, 0.2) is 16.7 Å². The summed E-state index contributed by atoms with van der Waals surface area (Å²) in [6.07, 6.45) is 1.82. The number of amidine groups is 1. The molecule has 0 saturated carbocycles. The fraction of sp³-hybridized carbons (Fsp3) is 0.133. The van der Waals surface area contributed by atoms with Crippen molar-refractivity contribution in [2.24, 2.45) is 4.99 Å². The molecule has 1 heterocycles. The van der Waals surface area contributed by atoms with Crippen molar-refractivity contribution in [3.63, 3.8) is 0 Å². The van der Waals surface area contributed by atoms with E-state index in [1.54, 1.807) is 7.11 Å². The number of fused-ring (bicyclic) bond motifs is 1. The Kier molecular flexibility index (Phi) is 7.93. The molecule has 0 unspecified atom stereocenters. The zero-order valence-electron chi connectivity index (χ0n) is 21.0. The van der Waals surface area contributed by atoms with Crippen molar-refractivity contribution < 1.29 is 14.3 Å². The van der Waals surface area contributed by atoms with Crippen molar-refractivity contribution >= 4 is 77.2 Å². The van der Waals surface area contributed by atoms with Gasteiger partial charge in [-0.15, -0.1) is 0 Å². The summed E-state index contributed by atoms with van der Waals surface area (Å²) in [7, 11) is 1.60. The highest BCUT2D eigenvalue weighted by Gasteiger charge is 2.24. The van der Waals surface area contributed by atoms with Crippen LogP contribution in [0.15, 0.2) is 85.6 Å². The minimum absolute atomic E-state index is 0.193. The summed E-state index contributed by atoms with van der Waals surface area (Å²) in [6.45, 7) is 4.44. The predicted molar refractivity (Wildman–Crippen MR) is 163 cm³/mol. The number of aliphatic imine (C=N–C) groups is 1. The second-order valence-electron chi connectivity index (χ2n) is 8.87. The van der Waals surface area contributed by atoms with E-state index in [9.17, 15) is 4.79 Å². The van der Waals surface area contributed by atoms with Crippen LogP contribution < -0.4 is 14.8 Å². The van der Waals surface area contributed by atoms with Gasteiger partial charge in [0.25, 0.3) is 5.91 Å². The van der Waals surface area contributed by atoms with E-state index in [-0.39, 0.29) is 5.91 Å². The Balaban J connectivity index is 1.35. The molecule has 192 valence electrons. The van der Waals surface area contributed by atoms with Crippen molar-refractivity contribution in [1.82, 2.24) is 5.32 Å². The van der Waals surface area contributed by atoms with Crippen LogP contribution in [0.5, 0.6) is 11.5 Å². The van der Waals surface area contributed by atoms with Gasteiger partial charge in [0.05, 0.1) is 17.7 Å². The Hall–Kier alpha value is -3.07. The van der Waals surface area contributed by atoms with Gasteiger partial charge in [-0.05, 0) is 95.0 Å². The maximum atomic E-state index is 12.7. The molecule has 1 amide bonds. The molecule has 0 aromatic heterocycles. The van der Waals surface area contributed by atoms with Crippen molar-refractivity contribution in [3.05, 3.63) is 103 Å². The lowest BCUT2D eigenvalue weighted by molar-refractivity contribution is -0.115. The molecule has 1 saturated heterocycles. The number of aryl methyl sites for hydroxylation is 2. The molecule has 1 aliphatic rings. The van der Waals surface area contributed by atoms with Crippen molar-refractivity contribution in [2.45, 2.75) is 20.5 Å². The summed E-state index contributed by atoms with van der Waals surface area (Å²) < 4.78 is 13.6. The molecule has 8 heteroatoms. The van der Waals surface area contributed by atoms with E-state index in [2.05, 4.69) is 72.5 Å². The molecule has 4 aromatic rings. The molecule has 0 atom stereocenters. The van der Waals surface area contributed by atoms with Gasteiger partial charge in [-0.3, -0.25) is 4.79 Å². The molecule has 1 fully saturated rings. The summed E-state index contributed by atoms with van der Waals surface area (Å²) in [4.78, 5) is 17.9. The number of halogens is 2. The summed E-state index contributed by atoms with van der Waals surface area (Å²) in [5.74, 6) is 1.00. The van der Waals surface area contributed by atoms with Crippen molar-refractivity contribution in [3.8, 4) is 11.5 Å². The number of amides is 1. The second kappa shape index (κ2) is 11.4. The largest absolute Gasteiger partial charge is 0.493 e. The Bertz CT molecular complexity index is 1610. The smallest absolute Gasteiger partial charge is 0.264 e. The average molecular weight is 652 g/mol. The van der Waals surface area contributed by atoms with Gasteiger partial charge in [0.1, 0.15) is 6.61 Å². The molecule has 0 aliphatic carbocycles. The number of thioether (sulfide) groups is 1. The number of hydrogen-bond acceptors (Lipinski definition) is 5. The first-order chi connectivity index (χ1) is 18.3. The molecule has 5 nitrogen and oxygen atoms in total. The monoisotopic (exact) mass is 650 g/mol. The lowest BCUT2D eigenvalue weighted by atomic mass is 10.1. The van der Waals surface area contributed by atoms with E-state index in [1.807, 2.05) is 56.3 Å². The van der Waals surface area contributed by atoms with Crippen LogP contribution in [0.25, 0.3) is 16.8 Å². The molecule has 0 spiro atoms. The molecular formula is C30H24Br2N2O3S. The fourth-order valence-corrected chi connectivity index (χ4v) is 5.65. The minimum Gasteiger partial charge on any atom is -0.493 e. The third-order valence-corrected chi connectivity index (χ3v) is 8.93. The van der Waals surface area contributed by atoms with Crippen LogP contribution in [-0.4, -0.2) is 18.2 Å². The molecule has 0 bridgehead atoms. The van der Waals surface area contributed by atoms with Gasteiger partial charge in [-0.25, -0.2) is 4.99 Å². The maximum Gasteiger partial charge on any atom is 0.264 e. The zero-order valence-corrected chi connectivity index (χ0v) is 25.0. The number of ether oxygens (including phenoxy) is 2. The maximum absolute atomic E-state index is 12.7. The zero-order chi connectivity index (χ0) is 26.8. The van der Waals surface area contributed by atoms with E-state index in [4.69, 9.17) is 9.47 Å². The first kappa shape index (κ1) is 26.5. The SMILES string of the molecule is COc1cc(/C=C2\SC(=Nc3cc(C)c(Br)c(C)c3)NC2=O)c(Br)cc1OCc1ccc2ccccc2c1. The number of rotatable bonds is 6. The van der Waals surface area contributed by atoms with Crippen LogP contribution >= 0.6 is 43.6 Å². The Labute approximate surface area is 242 Å². The van der Waals surface area contributed by atoms with Crippen LogP contribution in [0, 0.1) is 13.8 Å². The number of hydrogen-bond donors (Lipinski definition) is 1. The highest BCUT2D eigenvalue weighted by Crippen LogP contribution is 2.37. The number of carbonyl (C=O) groups is 1. The fourth-order valence-electron chi connectivity index (χ4n) is 4.15. The second-order valence-corrected chi connectivity index (χ2v) is 11.5. The van der Waals surface area contributed by atoms with Crippen LogP contribution in [0.4, 0.5) is 5.69 Å². The molecule has 4 aromatic carbocycles. The Morgan fingerprint density at radius 3 is 2.42 bits per heavy atom. The quantitative estimate of drug-likeness (QED) is 0.213.